The zero-order valence-electron chi connectivity index (χ0n) is 23.9. The monoisotopic (exact) mass is 586 g/mol. The molecule has 42 heavy (non-hydrogen) atoms. The Hall–Kier alpha value is -4.83. The van der Waals surface area contributed by atoms with E-state index in [2.05, 4.69) is 0 Å². The van der Waals surface area contributed by atoms with Gasteiger partial charge in [-0.05, 0) is 48.4 Å². The average Bonchev–Trinajstić information content (AvgIpc) is 3.34. The van der Waals surface area contributed by atoms with Crippen molar-refractivity contribution >= 4 is 29.1 Å². The smallest absolute Gasteiger partial charge is 0.338 e. The van der Waals surface area contributed by atoms with Gasteiger partial charge in [-0.2, -0.15) is 0 Å². The molecule has 0 unspecified atom stereocenters. The van der Waals surface area contributed by atoms with Gasteiger partial charge in [0.15, 0.2) is 16.3 Å². The van der Waals surface area contributed by atoms with E-state index in [0.717, 1.165) is 5.56 Å². The molecule has 3 aromatic carbocycles. The lowest BCUT2D eigenvalue weighted by Gasteiger charge is -2.26. The molecule has 0 saturated heterocycles. The van der Waals surface area contributed by atoms with Crippen LogP contribution in [-0.4, -0.2) is 45.6 Å². The molecule has 9 nitrogen and oxygen atoms in total. The van der Waals surface area contributed by atoms with Gasteiger partial charge in [0.2, 0.25) is 5.75 Å². The topological polar surface area (TPSA) is 97.6 Å². The van der Waals surface area contributed by atoms with E-state index < -0.39 is 12.0 Å². The molecule has 4 aromatic rings. The highest BCUT2D eigenvalue weighted by molar-refractivity contribution is 7.07. The van der Waals surface area contributed by atoms with Gasteiger partial charge < -0.3 is 23.7 Å². The van der Waals surface area contributed by atoms with Crippen molar-refractivity contribution in [1.29, 1.82) is 0 Å². The molecule has 0 saturated carbocycles. The van der Waals surface area contributed by atoms with Crippen LogP contribution >= 0.6 is 11.3 Å². The van der Waals surface area contributed by atoms with Gasteiger partial charge in [-0.25, -0.2) is 9.79 Å². The second-order valence-corrected chi connectivity index (χ2v) is 10.2. The lowest BCUT2D eigenvalue weighted by Crippen LogP contribution is -2.40. The van der Waals surface area contributed by atoms with E-state index in [1.807, 2.05) is 42.5 Å². The second-order valence-electron chi connectivity index (χ2n) is 9.16. The number of carbonyl (C=O) groups is 1. The van der Waals surface area contributed by atoms with Gasteiger partial charge in [-0.1, -0.05) is 53.8 Å². The van der Waals surface area contributed by atoms with E-state index in [4.69, 9.17) is 28.7 Å². The number of hydrogen-bond donors (Lipinski definition) is 0. The molecule has 0 N–H and O–H groups in total. The van der Waals surface area contributed by atoms with Crippen LogP contribution in [0.1, 0.15) is 29.7 Å². The van der Waals surface area contributed by atoms with Gasteiger partial charge in [0.25, 0.3) is 5.56 Å². The molecule has 10 heteroatoms. The van der Waals surface area contributed by atoms with Crippen LogP contribution in [0.15, 0.2) is 82.1 Å². The van der Waals surface area contributed by atoms with Gasteiger partial charge >= 0.3 is 5.97 Å². The highest BCUT2D eigenvalue weighted by Crippen LogP contribution is 2.39. The summed E-state index contributed by atoms with van der Waals surface area (Å²) >= 11 is 1.23. The summed E-state index contributed by atoms with van der Waals surface area (Å²) in [5, 5.41) is 0. The minimum atomic E-state index is -0.788. The maximum absolute atomic E-state index is 14.1. The first-order valence-corrected chi connectivity index (χ1v) is 14.0. The molecule has 1 aliphatic heterocycles. The quantitative estimate of drug-likeness (QED) is 0.274. The maximum atomic E-state index is 14.1. The Bertz CT molecular complexity index is 1800. The maximum Gasteiger partial charge on any atom is 0.338 e. The zero-order valence-corrected chi connectivity index (χ0v) is 24.7. The van der Waals surface area contributed by atoms with Crippen LogP contribution in [0.2, 0.25) is 0 Å². The van der Waals surface area contributed by atoms with Crippen LogP contribution in [0.4, 0.5) is 0 Å². The van der Waals surface area contributed by atoms with Gasteiger partial charge in [-0.3, -0.25) is 9.36 Å². The number of nitrogens with zero attached hydrogens (tertiary/aromatic N) is 2. The summed E-state index contributed by atoms with van der Waals surface area (Å²) in [5.74, 6) is 1.48. The molecule has 5 rings (SSSR count). The first kappa shape index (κ1) is 28.7. The highest BCUT2D eigenvalue weighted by atomic mass is 32.1. The Labute approximate surface area is 246 Å². The third-order valence-corrected chi connectivity index (χ3v) is 7.77. The minimum absolute atomic E-state index is 0.172. The van der Waals surface area contributed by atoms with E-state index >= 15 is 0 Å². The Morgan fingerprint density at radius 1 is 0.929 bits per heavy atom. The Morgan fingerprint density at radius 2 is 1.60 bits per heavy atom. The van der Waals surface area contributed by atoms with E-state index in [0.29, 0.717) is 49.2 Å². The van der Waals surface area contributed by atoms with Crippen LogP contribution < -0.4 is 33.8 Å². The Kier molecular flexibility index (Phi) is 8.44. The predicted octanol–water partition coefficient (Wildman–Crippen LogP) is 3.97. The van der Waals surface area contributed by atoms with Crippen LogP contribution in [0.3, 0.4) is 0 Å². The number of hydrogen-bond acceptors (Lipinski definition) is 9. The molecule has 0 aliphatic carbocycles. The fourth-order valence-electron chi connectivity index (χ4n) is 4.88. The van der Waals surface area contributed by atoms with Crippen LogP contribution in [0.5, 0.6) is 23.0 Å². The van der Waals surface area contributed by atoms with Crippen molar-refractivity contribution in [2.24, 2.45) is 4.99 Å². The summed E-state index contributed by atoms with van der Waals surface area (Å²) in [7, 11) is 6.18. The number of carbonyl (C=O) groups excluding carboxylic acids is 1. The summed E-state index contributed by atoms with van der Waals surface area (Å²) in [6.07, 6.45) is 1.75. The first-order valence-electron chi connectivity index (χ1n) is 13.2. The molecule has 216 valence electrons. The number of esters is 1. The highest BCUT2D eigenvalue weighted by Gasteiger charge is 2.35. The minimum Gasteiger partial charge on any atom is -0.497 e. The number of rotatable bonds is 9. The molecule has 0 fully saturated rings. The zero-order chi connectivity index (χ0) is 29.8. The predicted molar refractivity (Wildman–Crippen MR) is 160 cm³/mol. The first-order chi connectivity index (χ1) is 20.4. The van der Waals surface area contributed by atoms with Gasteiger partial charge in [0.1, 0.15) is 5.75 Å². The second kappa shape index (κ2) is 12.4. The largest absolute Gasteiger partial charge is 0.497 e. The summed E-state index contributed by atoms with van der Waals surface area (Å²) in [4.78, 5) is 33.0. The SMILES string of the molecule is CCOC(=O)C1=C(c2ccccc2)N=c2s/c(=C\c3cc(OC)c(OC)c(OC)c3)c(=O)n2[C@@H]1c1ccc(OC)cc1. The van der Waals surface area contributed by atoms with E-state index in [-0.39, 0.29) is 17.7 Å². The molecule has 1 atom stereocenters. The molecular weight excluding hydrogens is 556 g/mol. The van der Waals surface area contributed by atoms with Gasteiger partial charge in [-0.15, -0.1) is 0 Å². The Morgan fingerprint density at radius 3 is 2.17 bits per heavy atom. The number of methoxy groups -OCH3 is 4. The van der Waals surface area contributed by atoms with Crippen molar-refractivity contribution in [2.45, 2.75) is 13.0 Å². The summed E-state index contributed by atoms with van der Waals surface area (Å²) in [5.41, 5.74) is 2.55. The third-order valence-electron chi connectivity index (χ3n) is 6.79. The van der Waals surface area contributed by atoms with E-state index in [9.17, 15) is 9.59 Å². The Balaban J connectivity index is 1.80. The number of benzene rings is 3. The third kappa shape index (κ3) is 5.28. The standard InChI is InChI=1S/C32H30N2O7S/c1-6-41-31(36)26-27(20-10-8-7-9-11-20)33-32-34(28(26)21-12-14-22(37-2)15-13-21)30(35)25(42-32)18-19-16-23(38-3)29(40-5)24(17-19)39-4/h7-18,28H,6H2,1-5H3/b25-18-/t28-/m1/s1. The van der Waals surface area contributed by atoms with E-state index in [1.54, 1.807) is 48.9 Å². The fraction of sp³-hybridized carbons (Fsp3) is 0.219. The molecule has 1 aliphatic rings. The van der Waals surface area contributed by atoms with Crippen molar-refractivity contribution in [3.63, 3.8) is 0 Å². The van der Waals surface area contributed by atoms with E-state index in [1.165, 1.54) is 32.7 Å². The molecule has 0 bridgehead atoms. The summed E-state index contributed by atoms with van der Waals surface area (Å²) in [6.45, 7) is 1.92. The lowest BCUT2D eigenvalue weighted by atomic mass is 9.93. The fourth-order valence-corrected chi connectivity index (χ4v) is 5.88. The summed E-state index contributed by atoms with van der Waals surface area (Å²) in [6, 6.07) is 19.4. The molecule has 0 amide bonds. The van der Waals surface area contributed by atoms with Gasteiger partial charge in [0, 0.05) is 5.56 Å². The van der Waals surface area contributed by atoms with Crippen LogP contribution in [0.25, 0.3) is 11.8 Å². The number of fused-ring (bicyclic) bond motifs is 1. The number of aromatic nitrogens is 1. The molecular formula is C32H30N2O7S. The van der Waals surface area contributed by atoms with Crippen LogP contribution in [-0.2, 0) is 9.53 Å². The molecule has 0 spiro atoms. The normalized spacial score (nSPS) is 14.6. The lowest BCUT2D eigenvalue weighted by molar-refractivity contribution is -0.138. The van der Waals surface area contributed by atoms with Crippen molar-refractivity contribution in [3.05, 3.63) is 109 Å². The number of thiazole rings is 1. The number of ether oxygens (including phenoxy) is 5. The average molecular weight is 587 g/mol. The molecule has 0 radical (unpaired) electrons. The van der Waals surface area contributed by atoms with Crippen LogP contribution in [0, 0.1) is 0 Å². The van der Waals surface area contributed by atoms with Crippen molar-refractivity contribution in [3.8, 4) is 23.0 Å². The van der Waals surface area contributed by atoms with Crippen molar-refractivity contribution in [1.82, 2.24) is 4.57 Å². The molecule has 2 heterocycles. The van der Waals surface area contributed by atoms with Crippen molar-refractivity contribution in [2.75, 3.05) is 35.0 Å². The van der Waals surface area contributed by atoms with Crippen molar-refractivity contribution < 1.29 is 28.5 Å². The van der Waals surface area contributed by atoms with Gasteiger partial charge in [0.05, 0.1) is 56.9 Å². The summed E-state index contributed by atoms with van der Waals surface area (Å²) < 4.78 is 29.3. The molecule has 1 aromatic heterocycles.